The molecule has 0 aliphatic carbocycles. The van der Waals surface area contributed by atoms with Gasteiger partial charge >= 0.3 is 0 Å². The first-order chi connectivity index (χ1) is 15.6. The summed E-state index contributed by atoms with van der Waals surface area (Å²) in [5.74, 6) is 0.196. The second-order valence-corrected chi connectivity index (χ2v) is 9.66. The van der Waals surface area contributed by atoms with E-state index in [1.807, 2.05) is 0 Å². The molecule has 2 aromatic rings. The Morgan fingerprint density at radius 3 is 1.97 bits per heavy atom. The van der Waals surface area contributed by atoms with Crippen LogP contribution in [0.1, 0.15) is 97.3 Å². The van der Waals surface area contributed by atoms with E-state index in [0.29, 0.717) is 13.1 Å². The maximum atomic E-state index is 12.5. The lowest BCUT2D eigenvalue weighted by molar-refractivity contribution is -0.121. The van der Waals surface area contributed by atoms with Crippen molar-refractivity contribution < 1.29 is 17.2 Å². The predicted octanol–water partition coefficient (Wildman–Crippen LogP) is 4.97. The Hall–Kier alpha value is -1.58. The fourth-order valence-corrected chi connectivity index (χ4v) is 4.76. The highest BCUT2D eigenvalue weighted by Crippen LogP contribution is 2.30. The van der Waals surface area contributed by atoms with E-state index in [1.54, 1.807) is 0 Å². The van der Waals surface area contributed by atoms with Gasteiger partial charge in [-0.1, -0.05) is 108 Å². The first-order valence-corrected chi connectivity index (χ1v) is 13.2. The number of hydrogen-bond donors (Lipinski definition) is 1. The third-order valence-electron chi connectivity index (χ3n) is 6.70. The Labute approximate surface area is 209 Å². The quantitative estimate of drug-likeness (QED) is 0.196. The third kappa shape index (κ3) is 10.5. The van der Waals surface area contributed by atoms with Gasteiger partial charge in [0.05, 0.1) is 13.6 Å². The Morgan fingerprint density at radius 1 is 0.758 bits per heavy atom. The molecule has 1 unspecified atom stereocenters. The van der Waals surface area contributed by atoms with Gasteiger partial charge in [0, 0.05) is 11.8 Å². The molecule has 0 fully saturated rings. The minimum Gasteiger partial charge on any atom is -1.00 e. The van der Waals surface area contributed by atoms with E-state index in [1.165, 1.54) is 80.7 Å². The molecule has 2 aromatic carbocycles. The van der Waals surface area contributed by atoms with Gasteiger partial charge in [-0.3, -0.25) is 9.28 Å². The highest BCUT2D eigenvalue weighted by atomic mass is 35.5. The Bertz CT molecular complexity index is 789. The van der Waals surface area contributed by atoms with E-state index in [2.05, 4.69) is 68.7 Å². The van der Waals surface area contributed by atoms with E-state index in [4.69, 9.17) is 0 Å². The minimum atomic E-state index is 0. The summed E-state index contributed by atoms with van der Waals surface area (Å²) >= 11 is 0. The van der Waals surface area contributed by atoms with Gasteiger partial charge in [0.1, 0.15) is 5.69 Å². The van der Waals surface area contributed by atoms with Gasteiger partial charge in [-0.15, -0.1) is 0 Å². The highest BCUT2D eigenvalue weighted by molar-refractivity contribution is 5.93. The second-order valence-electron chi connectivity index (χ2n) is 9.66. The molecule has 0 aliphatic heterocycles. The zero-order valence-corrected chi connectivity index (χ0v) is 22.1. The summed E-state index contributed by atoms with van der Waals surface area (Å²) in [5.41, 5.74) is 1.29. The highest BCUT2D eigenvalue weighted by Gasteiger charge is 2.26. The van der Waals surface area contributed by atoms with Gasteiger partial charge in [-0.2, -0.15) is 0 Å². The number of benzene rings is 2. The van der Waals surface area contributed by atoms with Gasteiger partial charge < -0.3 is 17.7 Å². The molecule has 0 saturated carbocycles. The third-order valence-corrected chi connectivity index (χ3v) is 6.70. The molecule has 0 saturated heterocycles. The van der Waals surface area contributed by atoms with Crippen molar-refractivity contribution in [1.82, 2.24) is 9.80 Å². The number of nitrogens with zero attached hydrogens (tertiary/aromatic N) is 1. The lowest BCUT2D eigenvalue weighted by Gasteiger charge is -2.34. The normalized spacial score (nSPS) is 12.8. The molecule has 2 rings (SSSR count). The lowest BCUT2D eigenvalue weighted by atomic mass is 10.1. The number of amides is 1. The topological polar surface area (TPSA) is 29.1 Å². The van der Waals surface area contributed by atoms with Crippen LogP contribution >= 0.6 is 0 Å². The van der Waals surface area contributed by atoms with E-state index < -0.39 is 0 Å². The Morgan fingerprint density at radius 2 is 1.33 bits per heavy atom. The molecular formula is C29H47ClN2O. The van der Waals surface area contributed by atoms with Crippen LogP contribution in [0.3, 0.4) is 0 Å². The van der Waals surface area contributed by atoms with Crippen LogP contribution in [0.25, 0.3) is 10.8 Å². The molecule has 0 aromatic heterocycles. The predicted molar refractivity (Wildman–Crippen MR) is 141 cm³/mol. The summed E-state index contributed by atoms with van der Waals surface area (Å²) in [6.07, 6.45) is 16.2. The first-order valence-electron chi connectivity index (χ1n) is 13.2. The van der Waals surface area contributed by atoms with Crippen LogP contribution in [0.4, 0.5) is 5.69 Å². The van der Waals surface area contributed by atoms with Crippen molar-refractivity contribution in [3.63, 3.8) is 0 Å². The van der Waals surface area contributed by atoms with Crippen molar-refractivity contribution in [2.75, 3.05) is 20.3 Å². The van der Waals surface area contributed by atoms with Crippen LogP contribution < -0.4 is 22.2 Å². The number of quaternary nitrogens is 1. The van der Waals surface area contributed by atoms with E-state index in [-0.39, 0.29) is 18.3 Å². The van der Waals surface area contributed by atoms with Gasteiger partial charge in [-0.25, -0.2) is 0 Å². The standard InChI is InChI=1S/C29H46N2O.ClH/c1-4-6-7-8-9-10-11-12-13-14-15-23-29(32)30-25-31(3,24-5-2)28-22-18-20-26-19-16-17-21-27(26)28;/h16-22H,4-15,23-25H2,1-3H3;1H. The van der Waals surface area contributed by atoms with Gasteiger partial charge in [0.25, 0.3) is 0 Å². The number of halogens is 1. The molecule has 0 aliphatic rings. The van der Waals surface area contributed by atoms with Crippen LogP contribution in [0.5, 0.6) is 0 Å². The van der Waals surface area contributed by atoms with Crippen LogP contribution in [0, 0.1) is 0 Å². The Balaban J connectivity index is 0.00000544. The van der Waals surface area contributed by atoms with Crippen molar-refractivity contribution in [3.05, 3.63) is 42.5 Å². The maximum absolute atomic E-state index is 12.5. The monoisotopic (exact) mass is 474 g/mol. The van der Waals surface area contributed by atoms with Crippen LogP contribution in [0.2, 0.25) is 0 Å². The largest absolute Gasteiger partial charge is 1.00 e. The average molecular weight is 475 g/mol. The number of nitrogens with one attached hydrogen (secondary N) is 1. The first kappa shape index (κ1) is 29.5. The maximum Gasteiger partial charge on any atom is 0.224 e. The molecule has 4 heteroatoms. The van der Waals surface area contributed by atoms with Crippen molar-refractivity contribution >= 4 is 22.4 Å². The molecule has 1 amide bonds. The van der Waals surface area contributed by atoms with Gasteiger partial charge in [-0.05, 0) is 30.4 Å². The van der Waals surface area contributed by atoms with Crippen LogP contribution in [0.15, 0.2) is 42.5 Å². The molecule has 33 heavy (non-hydrogen) atoms. The molecular weight excluding hydrogens is 428 g/mol. The molecule has 0 spiro atoms. The summed E-state index contributed by atoms with van der Waals surface area (Å²) in [4.78, 5) is 12.5. The van der Waals surface area contributed by atoms with Gasteiger partial charge in [0.2, 0.25) is 5.91 Å². The van der Waals surface area contributed by atoms with Crippen LogP contribution in [-0.2, 0) is 4.79 Å². The minimum absolute atomic E-state index is 0. The summed E-state index contributed by atoms with van der Waals surface area (Å²) in [6, 6.07) is 15.1. The smallest absolute Gasteiger partial charge is 0.224 e. The molecule has 0 radical (unpaired) electrons. The SMILES string of the molecule is CCCCCCCCCCCCCC(=O)NC[N+](C)(CCC)c1cccc2ccccc12.[Cl-]. The van der Waals surface area contributed by atoms with Crippen LogP contribution in [-0.4, -0.2) is 26.2 Å². The van der Waals surface area contributed by atoms with E-state index in [9.17, 15) is 4.79 Å². The molecule has 0 heterocycles. The van der Waals surface area contributed by atoms with Crippen molar-refractivity contribution in [1.29, 1.82) is 0 Å². The number of unbranched alkanes of at least 4 members (excludes halogenated alkanes) is 10. The average Bonchev–Trinajstić information content (AvgIpc) is 2.81. The number of hydrogen-bond acceptors (Lipinski definition) is 1. The number of rotatable bonds is 17. The number of carbonyl (C=O) groups excluding carboxylic acids is 1. The van der Waals surface area contributed by atoms with Crippen molar-refractivity contribution in [2.45, 2.75) is 97.3 Å². The summed E-state index contributed by atoms with van der Waals surface area (Å²) < 4.78 is 0.738. The molecule has 1 N–H and O–H groups in total. The molecule has 0 bridgehead atoms. The zero-order valence-electron chi connectivity index (χ0n) is 21.4. The number of carbonyl (C=O) groups is 1. The molecule has 1 atom stereocenters. The van der Waals surface area contributed by atoms with E-state index in [0.717, 1.165) is 23.9 Å². The summed E-state index contributed by atoms with van der Waals surface area (Å²) in [5, 5.41) is 5.78. The lowest BCUT2D eigenvalue weighted by Crippen LogP contribution is -3.00. The van der Waals surface area contributed by atoms with Gasteiger partial charge in [0.15, 0.2) is 6.67 Å². The van der Waals surface area contributed by atoms with Crippen molar-refractivity contribution in [3.8, 4) is 0 Å². The summed E-state index contributed by atoms with van der Waals surface area (Å²) in [6.45, 7) is 6.15. The fourth-order valence-electron chi connectivity index (χ4n) is 4.76. The molecule has 186 valence electrons. The van der Waals surface area contributed by atoms with Crippen molar-refractivity contribution in [2.24, 2.45) is 0 Å². The molecule has 3 nitrogen and oxygen atoms in total. The fraction of sp³-hybridized carbons (Fsp3) is 0.621. The zero-order chi connectivity index (χ0) is 23.1. The second kappa shape index (κ2) is 16.9. The Kier molecular flexibility index (Phi) is 15.1. The summed E-state index contributed by atoms with van der Waals surface area (Å²) in [7, 11) is 2.24. The van der Waals surface area contributed by atoms with E-state index >= 15 is 0 Å². The number of fused-ring (bicyclic) bond motifs is 1.